The van der Waals surface area contributed by atoms with Gasteiger partial charge >= 0.3 is 5.97 Å². The molecule has 3 heterocycles. The number of carbonyl (C=O) groups excluding carboxylic acids is 1. The number of anilines is 1. The van der Waals surface area contributed by atoms with Crippen molar-refractivity contribution in [2.45, 2.75) is 19.9 Å². The third-order valence-corrected chi connectivity index (χ3v) is 6.61. The molecule has 0 radical (unpaired) electrons. The third-order valence-electron chi connectivity index (χ3n) is 5.11. The third kappa shape index (κ3) is 4.05. The SMILES string of the molecule is COC(=O)Cc1nc(=O)c2sc(N3CCOCC3)nc2n1Cc1cccc(Cl)c1C. The summed E-state index contributed by atoms with van der Waals surface area (Å²) in [6.07, 6.45) is -0.119. The van der Waals surface area contributed by atoms with Crippen molar-refractivity contribution in [3.05, 3.63) is 50.5 Å². The highest BCUT2D eigenvalue weighted by molar-refractivity contribution is 7.22. The van der Waals surface area contributed by atoms with Gasteiger partial charge in [-0.3, -0.25) is 9.59 Å². The lowest BCUT2D eigenvalue weighted by atomic mass is 10.1. The molecule has 8 nitrogen and oxygen atoms in total. The standard InChI is InChI=1S/C20H21ClN4O4S/c1-12-13(4-3-5-14(12)21)11-25-15(10-16(26)28-2)22-19(27)17-18(25)23-20(30-17)24-6-8-29-9-7-24/h3-5H,6-11H2,1-2H3. The molecule has 1 aliphatic rings. The number of benzene rings is 1. The van der Waals surface area contributed by atoms with Crippen LogP contribution in [0.1, 0.15) is 17.0 Å². The summed E-state index contributed by atoms with van der Waals surface area (Å²) in [6.45, 7) is 4.98. The lowest BCUT2D eigenvalue weighted by Gasteiger charge is -2.25. The summed E-state index contributed by atoms with van der Waals surface area (Å²) < 4.78 is 12.5. The Bertz CT molecular complexity index is 1150. The smallest absolute Gasteiger partial charge is 0.313 e. The number of hydrogen-bond acceptors (Lipinski definition) is 8. The molecule has 10 heteroatoms. The van der Waals surface area contributed by atoms with Crippen LogP contribution in [0.2, 0.25) is 5.02 Å². The molecule has 0 atom stereocenters. The minimum Gasteiger partial charge on any atom is -0.469 e. The maximum absolute atomic E-state index is 12.7. The van der Waals surface area contributed by atoms with Gasteiger partial charge < -0.3 is 18.9 Å². The predicted octanol–water partition coefficient (Wildman–Crippen LogP) is 2.42. The molecule has 3 aromatic rings. The summed E-state index contributed by atoms with van der Waals surface area (Å²) in [5.41, 5.74) is 2.01. The number of aromatic nitrogens is 3. The normalized spacial score (nSPS) is 14.3. The van der Waals surface area contributed by atoms with Crippen LogP contribution in [0.25, 0.3) is 10.3 Å². The molecule has 0 saturated carbocycles. The van der Waals surface area contributed by atoms with E-state index in [1.807, 2.05) is 29.7 Å². The van der Waals surface area contributed by atoms with Crippen molar-refractivity contribution >= 4 is 44.4 Å². The Morgan fingerprint density at radius 2 is 2.07 bits per heavy atom. The van der Waals surface area contributed by atoms with Gasteiger partial charge in [-0.25, -0.2) is 4.98 Å². The summed E-state index contributed by atoms with van der Waals surface area (Å²) in [6, 6.07) is 5.66. The number of rotatable bonds is 5. The Kier molecular flexibility index (Phi) is 6.03. The molecule has 30 heavy (non-hydrogen) atoms. The van der Waals surface area contributed by atoms with Crippen LogP contribution >= 0.6 is 22.9 Å². The molecule has 0 spiro atoms. The quantitative estimate of drug-likeness (QED) is 0.554. The Morgan fingerprint density at radius 1 is 1.30 bits per heavy atom. The Morgan fingerprint density at radius 3 is 2.80 bits per heavy atom. The van der Waals surface area contributed by atoms with Crippen LogP contribution in [0.5, 0.6) is 0 Å². The molecule has 0 amide bonds. The molecule has 1 saturated heterocycles. The maximum atomic E-state index is 12.7. The van der Waals surface area contributed by atoms with E-state index >= 15 is 0 Å². The molecule has 4 rings (SSSR count). The number of ether oxygens (including phenoxy) is 2. The second-order valence-electron chi connectivity index (χ2n) is 6.94. The molecule has 0 N–H and O–H groups in total. The zero-order chi connectivity index (χ0) is 21.3. The van der Waals surface area contributed by atoms with Gasteiger partial charge in [0.2, 0.25) is 0 Å². The number of nitrogens with zero attached hydrogens (tertiary/aromatic N) is 4. The number of fused-ring (bicyclic) bond motifs is 1. The number of halogens is 1. The van der Waals surface area contributed by atoms with E-state index in [1.165, 1.54) is 18.4 Å². The minimum atomic E-state index is -0.471. The Labute approximate surface area is 182 Å². The van der Waals surface area contributed by atoms with Gasteiger partial charge in [-0.1, -0.05) is 35.1 Å². The van der Waals surface area contributed by atoms with Crippen LogP contribution in [0, 0.1) is 6.92 Å². The number of hydrogen-bond donors (Lipinski definition) is 0. The van der Waals surface area contributed by atoms with E-state index in [1.54, 1.807) is 0 Å². The predicted molar refractivity (Wildman–Crippen MR) is 116 cm³/mol. The number of methoxy groups -OCH3 is 1. The van der Waals surface area contributed by atoms with Crippen LogP contribution in [0.15, 0.2) is 23.0 Å². The van der Waals surface area contributed by atoms with Crippen molar-refractivity contribution in [3.8, 4) is 0 Å². The second kappa shape index (κ2) is 8.71. The highest BCUT2D eigenvalue weighted by Gasteiger charge is 2.22. The van der Waals surface area contributed by atoms with Crippen molar-refractivity contribution in [2.75, 3.05) is 38.3 Å². The summed E-state index contributed by atoms with van der Waals surface area (Å²) in [4.78, 5) is 35.8. The van der Waals surface area contributed by atoms with E-state index in [9.17, 15) is 9.59 Å². The molecular weight excluding hydrogens is 428 g/mol. The van der Waals surface area contributed by atoms with Gasteiger partial charge in [0.05, 0.1) is 26.9 Å². The van der Waals surface area contributed by atoms with Crippen LogP contribution in [0.4, 0.5) is 5.13 Å². The molecule has 2 aromatic heterocycles. The number of esters is 1. The molecule has 0 aliphatic carbocycles. The van der Waals surface area contributed by atoms with Gasteiger partial charge in [0.1, 0.15) is 16.9 Å². The van der Waals surface area contributed by atoms with Crippen LogP contribution in [-0.2, 0) is 27.2 Å². The van der Waals surface area contributed by atoms with E-state index < -0.39 is 5.97 Å². The van der Waals surface area contributed by atoms with Crippen LogP contribution in [-0.4, -0.2) is 53.9 Å². The Balaban J connectivity index is 1.86. The van der Waals surface area contributed by atoms with E-state index in [0.717, 1.165) is 16.3 Å². The summed E-state index contributed by atoms with van der Waals surface area (Å²) >= 11 is 7.61. The maximum Gasteiger partial charge on any atom is 0.313 e. The fourth-order valence-corrected chi connectivity index (χ4v) is 4.56. The van der Waals surface area contributed by atoms with E-state index in [2.05, 4.69) is 9.88 Å². The first-order valence-corrected chi connectivity index (χ1v) is 10.7. The molecular formula is C20H21ClN4O4S. The highest BCUT2D eigenvalue weighted by Crippen LogP contribution is 2.29. The lowest BCUT2D eigenvalue weighted by Crippen LogP contribution is -2.36. The molecule has 0 unspecified atom stereocenters. The van der Waals surface area contributed by atoms with E-state index in [-0.39, 0.29) is 12.0 Å². The van der Waals surface area contributed by atoms with Crippen molar-refractivity contribution in [1.82, 2.24) is 14.5 Å². The summed E-state index contributed by atoms with van der Waals surface area (Å²) in [7, 11) is 1.31. The number of thiazole rings is 1. The van der Waals surface area contributed by atoms with Gasteiger partial charge in [0.25, 0.3) is 5.56 Å². The summed E-state index contributed by atoms with van der Waals surface area (Å²) in [5, 5.41) is 1.40. The average Bonchev–Trinajstić information content (AvgIpc) is 3.20. The molecule has 1 fully saturated rings. The number of carbonyl (C=O) groups is 1. The topological polar surface area (TPSA) is 86.6 Å². The van der Waals surface area contributed by atoms with E-state index in [0.29, 0.717) is 54.0 Å². The summed E-state index contributed by atoms with van der Waals surface area (Å²) in [5.74, 6) is -0.154. The number of morpholine rings is 1. The molecule has 1 aromatic carbocycles. The first kappa shape index (κ1) is 20.8. The van der Waals surface area contributed by atoms with Gasteiger partial charge in [0.15, 0.2) is 10.8 Å². The first-order valence-electron chi connectivity index (χ1n) is 9.51. The fourth-order valence-electron chi connectivity index (χ4n) is 3.36. The van der Waals surface area contributed by atoms with Crippen LogP contribution < -0.4 is 10.5 Å². The largest absolute Gasteiger partial charge is 0.469 e. The van der Waals surface area contributed by atoms with Crippen molar-refractivity contribution in [3.63, 3.8) is 0 Å². The highest BCUT2D eigenvalue weighted by atomic mass is 35.5. The lowest BCUT2D eigenvalue weighted by molar-refractivity contribution is -0.139. The zero-order valence-electron chi connectivity index (χ0n) is 16.7. The van der Waals surface area contributed by atoms with Gasteiger partial charge in [-0.15, -0.1) is 0 Å². The first-order chi connectivity index (χ1) is 14.5. The van der Waals surface area contributed by atoms with Gasteiger partial charge in [-0.05, 0) is 24.1 Å². The molecule has 0 bridgehead atoms. The van der Waals surface area contributed by atoms with Crippen LogP contribution in [0.3, 0.4) is 0 Å². The zero-order valence-corrected chi connectivity index (χ0v) is 18.3. The molecule has 1 aliphatic heterocycles. The second-order valence-corrected chi connectivity index (χ2v) is 8.33. The Hall–Kier alpha value is -2.49. The van der Waals surface area contributed by atoms with Crippen molar-refractivity contribution in [2.24, 2.45) is 0 Å². The van der Waals surface area contributed by atoms with Gasteiger partial charge in [-0.2, -0.15) is 4.98 Å². The van der Waals surface area contributed by atoms with E-state index in [4.69, 9.17) is 26.1 Å². The minimum absolute atomic E-state index is 0.119. The fraction of sp³-hybridized carbons (Fsp3) is 0.400. The average molecular weight is 449 g/mol. The molecule has 158 valence electrons. The van der Waals surface area contributed by atoms with Gasteiger partial charge in [0, 0.05) is 18.1 Å². The van der Waals surface area contributed by atoms with Crippen molar-refractivity contribution in [1.29, 1.82) is 0 Å². The monoisotopic (exact) mass is 448 g/mol. The van der Waals surface area contributed by atoms with Crippen molar-refractivity contribution < 1.29 is 14.3 Å².